The Kier molecular flexibility index (Phi) is 7.16. The van der Waals surface area contributed by atoms with Gasteiger partial charge in [-0.25, -0.2) is 4.98 Å². The summed E-state index contributed by atoms with van der Waals surface area (Å²) in [6.07, 6.45) is 2.23. The number of rotatable bonds is 8. The average Bonchev–Trinajstić information content (AvgIpc) is 2.46. The summed E-state index contributed by atoms with van der Waals surface area (Å²) in [6.45, 7) is 14.3. The van der Waals surface area contributed by atoms with Gasteiger partial charge in [-0.15, -0.1) is 0 Å². The van der Waals surface area contributed by atoms with Crippen LogP contribution in [0.4, 0.5) is 5.82 Å². The second kappa shape index (κ2) is 8.38. The van der Waals surface area contributed by atoms with E-state index in [2.05, 4.69) is 46.4 Å². The molecule has 0 saturated carbocycles. The number of hydrogen-bond acceptors (Lipinski definition) is 3. The van der Waals surface area contributed by atoms with Gasteiger partial charge in [-0.2, -0.15) is 0 Å². The zero-order valence-corrected chi connectivity index (χ0v) is 14.6. The number of aliphatic hydroxyl groups excluding tert-OH is 1. The standard InChI is InChI=1S/C18H32N2O/c1-7-16(8-2)20(11-13(3)4)18-10-15(12-21)9-17(19-18)14(5)6/h9-10,13-14,16,21H,7-8,11-12H2,1-6H3. The Morgan fingerprint density at radius 2 is 1.71 bits per heavy atom. The molecule has 0 unspecified atom stereocenters. The Bertz CT molecular complexity index is 425. The molecule has 0 fully saturated rings. The lowest BCUT2D eigenvalue weighted by molar-refractivity contribution is 0.281. The predicted octanol–water partition coefficient (Wildman–Crippen LogP) is 4.35. The van der Waals surface area contributed by atoms with E-state index in [1.807, 2.05) is 12.1 Å². The monoisotopic (exact) mass is 292 g/mol. The molecule has 0 spiro atoms. The van der Waals surface area contributed by atoms with Crippen LogP contribution in [0.2, 0.25) is 0 Å². The Labute approximate surface area is 130 Å². The fourth-order valence-electron chi connectivity index (χ4n) is 2.68. The summed E-state index contributed by atoms with van der Waals surface area (Å²) in [5.74, 6) is 1.98. The highest BCUT2D eigenvalue weighted by Crippen LogP contribution is 2.24. The lowest BCUT2D eigenvalue weighted by Crippen LogP contribution is -2.38. The molecule has 120 valence electrons. The Morgan fingerprint density at radius 1 is 1.10 bits per heavy atom. The van der Waals surface area contributed by atoms with Crippen LogP contribution in [-0.4, -0.2) is 22.7 Å². The van der Waals surface area contributed by atoms with Gasteiger partial charge in [0.1, 0.15) is 5.82 Å². The summed E-state index contributed by atoms with van der Waals surface area (Å²) in [6, 6.07) is 4.58. The SMILES string of the molecule is CCC(CC)N(CC(C)C)c1cc(CO)cc(C(C)C)n1. The number of anilines is 1. The van der Waals surface area contributed by atoms with Crippen LogP contribution >= 0.6 is 0 Å². The minimum Gasteiger partial charge on any atom is -0.392 e. The van der Waals surface area contributed by atoms with Crippen molar-refractivity contribution in [3.8, 4) is 0 Å². The molecular weight excluding hydrogens is 260 g/mol. The average molecular weight is 292 g/mol. The molecule has 3 nitrogen and oxygen atoms in total. The molecule has 1 aromatic heterocycles. The molecule has 1 rings (SSSR count). The number of hydrogen-bond donors (Lipinski definition) is 1. The molecule has 21 heavy (non-hydrogen) atoms. The zero-order chi connectivity index (χ0) is 16.0. The van der Waals surface area contributed by atoms with Crippen molar-refractivity contribution in [3.05, 3.63) is 23.4 Å². The fourth-order valence-corrected chi connectivity index (χ4v) is 2.68. The number of aliphatic hydroxyl groups is 1. The van der Waals surface area contributed by atoms with Crippen LogP contribution in [0.15, 0.2) is 12.1 Å². The molecule has 0 atom stereocenters. The third kappa shape index (κ3) is 4.99. The zero-order valence-electron chi connectivity index (χ0n) is 14.6. The Morgan fingerprint density at radius 3 is 2.14 bits per heavy atom. The van der Waals surface area contributed by atoms with Gasteiger partial charge in [0.2, 0.25) is 0 Å². The first-order valence-electron chi connectivity index (χ1n) is 8.31. The quantitative estimate of drug-likeness (QED) is 0.774. The van der Waals surface area contributed by atoms with Crippen LogP contribution in [0.3, 0.4) is 0 Å². The molecule has 3 heteroatoms. The molecule has 0 radical (unpaired) electrons. The van der Waals surface area contributed by atoms with Crippen molar-refractivity contribution < 1.29 is 5.11 Å². The first-order chi connectivity index (χ1) is 9.92. The summed E-state index contributed by atoms with van der Waals surface area (Å²) in [5, 5.41) is 9.54. The highest BCUT2D eigenvalue weighted by Gasteiger charge is 2.19. The third-order valence-corrected chi connectivity index (χ3v) is 3.90. The van der Waals surface area contributed by atoms with Gasteiger partial charge in [0.25, 0.3) is 0 Å². The highest BCUT2D eigenvalue weighted by molar-refractivity contribution is 5.44. The van der Waals surface area contributed by atoms with E-state index in [9.17, 15) is 5.11 Å². The molecule has 0 aliphatic rings. The van der Waals surface area contributed by atoms with Gasteiger partial charge in [0.05, 0.1) is 6.61 Å². The molecule has 1 N–H and O–H groups in total. The Hall–Kier alpha value is -1.09. The summed E-state index contributed by atoms with van der Waals surface area (Å²) in [4.78, 5) is 7.29. The van der Waals surface area contributed by atoms with E-state index in [-0.39, 0.29) is 6.61 Å². The van der Waals surface area contributed by atoms with E-state index in [1.165, 1.54) is 0 Å². The second-order valence-corrected chi connectivity index (χ2v) is 6.59. The maximum Gasteiger partial charge on any atom is 0.129 e. The van der Waals surface area contributed by atoms with Crippen molar-refractivity contribution in [1.82, 2.24) is 4.98 Å². The van der Waals surface area contributed by atoms with Crippen molar-refractivity contribution >= 4 is 5.82 Å². The number of pyridine rings is 1. The van der Waals surface area contributed by atoms with Crippen molar-refractivity contribution in [1.29, 1.82) is 0 Å². The molecule has 1 heterocycles. The summed E-state index contributed by atoms with van der Waals surface area (Å²) < 4.78 is 0. The van der Waals surface area contributed by atoms with Gasteiger partial charge in [-0.1, -0.05) is 41.5 Å². The van der Waals surface area contributed by atoms with Crippen molar-refractivity contribution in [2.75, 3.05) is 11.4 Å². The van der Waals surface area contributed by atoms with Crippen LogP contribution in [0.25, 0.3) is 0 Å². The van der Waals surface area contributed by atoms with Crippen LogP contribution in [0, 0.1) is 5.92 Å². The Balaban J connectivity index is 3.24. The summed E-state index contributed by atoms with van der Waals surface area (Å²) in [7, 11) is 0. The summed E-state index contributed by atoms with van der Waals surface area (Å²) in [5.41, 5.74) is 2.03. The van der Waals surface area contributed by atoms with Gasteiger partial charge >= 0.3 is 0 Å². The van der Waals surface area contributed by atoms with E-state index in [0.717, 1.165) is 36.5 Å². The predicted molar refractivity (Wildman–Crippen MR) is 90.8 cm³/mol. The lowest BCUT2D eigenvalue weighted by atomic mass is 10.0. The molecular formula is C18H32N2O. The van der Waals surface area contributed by atoms with Crippen LogP contribution in [0.1, 0.15) is 71.6 Å². The van der Waals surface area contributed by atoms with Crippen LogP contribution < -0.4 is 4.90 Å². The first kappa shape index (κ1) is 18.0. The summed E-state index contributed by atoms with van der Waals surface area (Å²) >= 11 is 0. The number of nitrogens with zero attached hydrogens (tertiary/aromatic N) is 2. The molecule has 0 saturated heterocycles. The van der Waals surface area contributed by atoms with Crippen LogP contribution in [0.5, 0.6) is 0 Å². The molecule has 0 aliphatic heterocycles. The maximum atomic E-state index is 9.54. The van der Waals surface area contributed by atoms with E-state index in [1.54, 1.807) is 0 Å². The van der Waals surface area contributed by atoms with E-state index in [0.29, 0.717) is 17.9 Å². The molecule has 0 bridgehead atoms. The van der Waals surface area contributed by atoms with Gasteiger partial charge in [0.15, 0.2) is 0 Å². The lowest BCUT2D eigenvalue weighted by Gasteiger charge is -2.34. The fraction of sp³-hybridized carbons (Fsp3) is 0.722. The van der Waals surface area contributed by atoms with Gasteiger partial charge in [-0.3, -0.25) is 0 Å². The highest BCUT2D eigenvalue weighted by atomic mass is 16.3. The first-order valence-corrected chi connectivity index (χ1v) is 8.31. The van der Waals surface area contributed by atoms with Crippen molar-refractivity contribution in [2.24, 2.45) is 5.92 Å². The normalized spacial score (nSPS) is 11.7. The molecule has 1 aromatic rings. The van der Waals surface area contributed by atoms with Crippen molar-refractivity contribution in [3.63, 3.8) is 0 Å². The smallest absolute Gasteiger partial charge is 0.129 e. The van der Waals surface area contributed by atoms with Gasteiger partial charge < -0.3 is 10.0 Å². The van der Waals surface area contributed by atoms with E-state index < -0.39 is 0 Å². The van der Waals surface area contributed by atoms with Crippen molar-refractivity contribution in [2.45, 2.75) is 73.0 Å². The van der Waals surface area contributed by atoms with E-state index in [4.69, 9.17) is 4.98 Å². The van der Waals surface area contributed by atoms with Gasteiger partial charge in [-0.05, 0) is 42.4 Å². The number of aromatic nitrogens is 1. The second-order valence-electron chi connectivity index (χ2n) is 6.59. The third-order valence-electron chi connectivity index (χ3n) is 3.90. The van der Waals surface area contributed by atoms with Gasteiger partial charge in [0, 0.05) is 18.3 Å². The molecule has 0 aliphatic carbocycles. The largest absolute Gasteiger partial charge is 0.392 e. The van der Waals surface area contributed by atoms with E-state index >= 15 is 0 Å². The molecule has 0 aromatic carbocycles. The maximum absolute atomic E-state index is 9.54. The topological polar surface area (TPSA) is 36.4 Å². The van der Waals surface area contributed by atoms with Crippen LogP contribution in [-0.2, 0) is 6.61 Å². The minimum atomic E-state index is 0.0771. The minimum absolute atomic E-state index is 0.0771. The molecule has 0 amide bonds.